The Hall–Kier alpha value is -0.0800. The summed E-state index contributed by atoms with van der Waals surface area (Å²) in [5.74, 6) is 0.464. The standard InChI is InChI=1S/C10H21NO/c1-3-11-10(2,12)9-7-5-4-6-8-9/h9,11-12H,3-8H2,1-2H3. The van der Waals surface area contributed by atoms with Gasteiger partial charge in [0.2, 0.25) is 0 Å². The highest BCUT2D eigenvalue weighted by molar-refractivity contribution is 4.81. The predicted molar refractivity (Wildman–Crippen MR) is 50.9 cm³/mol. The molecule has 0 aromatic carbocycles. The Labute approximate surface area is 75.4 Å². The quantitative estimate of drug-likeness (QED) is 0.635. The molecule has 1 rings (SSSR count). The third kappa shape index (κ3) is 2.46. The van der Waals surface area contributed by atoms with Crippen molar-refractivity contribution in [3.05, 3.63) is 0 Å². The average molecular weight is 171 g/mol. The molecule has 0 aromatic heterocycles. The molecule has 1 unspecified atom stereocenters. The molecule has 1 aliphatic carbocycles. The lowest BCUT2D eigenvalue weighted by Gasteiger charge is -2.36. The van der Waals surface area contributed by atoms with Crippen molar-refractivity contribution in [1.29, 1.82) is 0 Å². The number of hydrogen-bond donors (Lipinski definition) is 2. The van der Waals surface area contributed by atoms with Crippen molar-refractivity contribution < 1.29 is 5.11 Å². The van der Waals surface area contributed by atoms with Gasteiger partial charge in [0.25, 0.3) is 0 Å². The topological polar surface area (TPSA) is 32.3 Å². The monoisotopic (exact) mass is 171 g/mol. The van der Waals surface area contributed by atoms with E-state index in [1.54, 1.807) is 0 Å². The van der Waals surface area contributed by atoms with E-state index in [0.29, 0.717) is 5.92 Å². The minimum absolute atomic E-state index is 0.464. The van der Waals surface area contributed by atoms with E-state index in [9.17, 15) is 5.11 Å². The van der Waals surface area contributed by atoms with Gasteiger partial charge < -0.3 is 5.11 Å². The van der Waals surface area contributed by atoms with E-state index < -0.39 is 5.72 Å². The number of hydrogen-bond acceptors (Lipinski definition) is 2. The molecular formula is C10H21NO. The van der Waals surface area contributed by atoms with E-state index in [0.717, 1.165) is 6.54 Å². The summed E-state index contributed by atoms with van der Waals surface area (Å²) >= 11 is 0. The zero-order chi connectivity index (χ0) is 9.03. The molecule has 12 heavy (non-hydrogen) atoms. The van der Waals surface area contributed by atoms with E-state index >= 15 is 0 Å². The maximum Gasteiger partial charge on any atom is 0.116 e. The van der Waals surface area contributed by atoms with Gasteiger partial charge in [-0.1, -0.05) is 26.2 Å². The molecule has 1 aliphatic rings. The maximum absolute atomic E-state index is 10.0. The lowest BCUT2D eigenvalue weighted by Crippen LogP contribution is -2.49. The van der Waals surface area contributed by atoms with Crippen molar-refractivity contribution in [2.75, 3.05) is 6.54 Å². The Morgan fingerprint density at radius 3 is 2.42 bits per heavy atom. The SMILES string of the molecule is CCNC(C)(O)C1CCCCC1. The Morgan fingerprint density at radius 2 is 1.92 bits per heavy atom. The van der Waals surface area contributed by atoms with Crippen molar-refractivity contribution in [1.82, 2.24) is 5.32 Å². The molecule has 2 N–H and O–H groups in total. The van der Waals surface area contributed by atoms with E-state index in [-0.39, 0.29) is 0 Å². The zero-order valence-electron chi connectivity index (χ0n) is 8.27. The molecule has 0 spiro atoms. The Bertz CT molecular complexity index is 128. The van der Waals surface area contributed by atoms with Crippen LogP contribution in [0.1, 0.15) is 46.0 Å². The van der Waals surface area contributed by atoms with Gasteiger partial charge in [0, 0.05) is 5.92 Å². The summed E-state index contributed by atoms with van der Waals surface area (Å²) in [5.41, 5.74) is -0.630. The molecule has 0 heterocycles. The molecule has 1 saturated carbocycles. The molecule has 1 atom stereocenters. The van der Waals surface area contributed by atoms with Crippen LogP contribution in [-0.4, -0.2) is 17.4 Å². The number of nitrogens with one attached hydrogen (secondary N) is 1. The molecule has 0 saturated heterocycles. The first-order valence-electron chi connectivity index (χ1n) is 5.14. The third-order valence-electron chi connectivity index (χ3n) is 2.93. The van der Waals surface area contributed by atoms with Crippen LogP contribution in [0.25, 0.3) is 0 Å². The molecule has 0 radical (unpaired) electrons. The summed E-state index contributed by atoms with van der Waals surface area (Å²) in [5, 5.41) is 13.2. The van der Waals surface area contributed by atoms with E-state index in [4.69, 9.17) is 0 Å². The second-order valence-corrected chi connectivity index (χ2v) is 4.01. The lowest BCUT2D eigenvalue weighted by molar-refractivity contribution is -0.0446. The van der Waals surface area contributed by atoms with Crippen LogP contribution >= 0.6 is 0 Å². The summed E-state index contributed by atoms with van der Waals surface area (Å²) < 4.78 is 0. The fourth-order valence-electron chi connectivity index (χ4n) is 2.17. The van der Waals surface area contributed by atoms with E-state index in [1.807, 2.05) is 13.8 Å². The fraction of sp³-hybridized carbons (Fsp3) is 1.00. The number of aliphatic hydroxyl groups is 1. The molecule has 0 aliphatic heterocycles. The molecule has 0 bridgehead atoms. The Kier molecular flexibility index (Phi) is 3.53. The highest BCUT2D eigenvalue weighted by Crippen LogP contribution is 2.30. The van der Waals surface area contributed by atoms with Crippen LogP contribution in [0.15, 0.2) is 0 Å². The normalized spacial score (nSPS) is 25.2. The van der Waals surface area contributed by atoms with Crippen LogP contribution in [0.3, 0.4) is 0 Å². The van der Waals surface area contributed by atoms with Crippen LogP contribution in [0, 0.1) is 5.92 Å². The smallest absolute Gasteiger partial charge is 0.116 e. The summed E-state index contributed by atoms with van der Waals surface area (Å²) in [7, 11) is 0. The fourth-order valence-corrected chi connectivity index (χ4v) is 2.17. The van der Waals surface area contributed by atoms with Gasteiger partial charge in [-0.05, 0) is 26.3 Å². The minimum atomic E-state index is -0.630. The van der Waals surface area contributed by atoms with Gasteiger partial charge in [0.1, 0.15) is 5.72 Å². The number of rotatable bonds is 3. The van der Waals surface area contributed by atoms with Gasteiger partial charge in [-0.15, -0.1) is 0 Å². The summed E-state index contributed by atoms with van der Waals surface area (Å²) in [6.07, 6.45) is 6.27. The molecule has 0 aromatic rings. The van der Waals surface area contributed by atoms with Gasteiger partial charge in [0.15, 0.2) is 0 Å². The highest BCUT2D eigenvalue weighted by Gasteiger charge is 2.31. The average Bonchev–Trinajstić information content (AvgIpc) is 2.06. The van der Waals surface area contributed by atoms with E-state index in [1.165, 1.54) is 32.1 Å². The molecular weight excluding hydrogens is 150 g/mol. The van der Waals surface area contributed by atoms with Crippen molar-refractivity contribution in [3.63, 3.8) is 0 Å². The molecule has 2 heteroatoms. The Morgan fingerprint density at radius 1 is 1.33 bits per heavy atom. The van der Waals surface area contributed by atoms with Gasteiger partial charge in [0.05, 0.1) is 0 Å². The van der Waals surface area contributed by atoms with Gasteiger partial charge in [-0.25, -0.2) is 0 Å². The van der Waals surface area contributed by atoms with Crippen LogP contribution in [0.2, 0.25) is 0 Å². The minimum Gasteiger partial charge on any atom is -0.376 e. The molecule has 1 fully saturated rings. The first kappa shape index (κ1) is 10.0. The first-order valence-corrected chi connectivity index (χ1v) is 5.14. The third-order valence-corrected chi connectivity index (χ3v) is 2.93. The van der Waals surface area contributed by atoms with Crippen molar-refractivity contribution >= 4 is 0 Å². The maximum atomic E-state index is 10.0. The summed E-state index contributed by atoms with van der Waals surface area (Å²) in [6, 6.07) is 0. The lowest BCUT2D eigenvalue weighted by atomic mass is 9.82. The molecule has 0 amide bonds. The van der Waals surface area contributed by atoms with Crippen molar-refractivity contribution in [2.45, 2.75) is 51.7 Å². The summed E-state index contributed by atoms with van der Waals surface area (Å²) in [6.45, 7) is 4.80. The van der Waals surface area contributed by atoms with Crippen molar-refractivity contribution in [3.8, 4) is 0 Å². The Balaban J connectivity index is 2.41. The second-order valence-electron chi connectivity index (χ2n) is 4.01. The second kappa shape index (κ2) is 4.24. The van der Waals surface area contributed by atoms with Crippen LogP contribution < -0.4 is 5.32 Å². The summed E-state index contributed by atoms with van der Waals surface area (Å²) in [4.78, 5) is 0. The van der Waals surface area contributed by atoms with Gasteiger partial charge in [-0.2, -0.15) is 0 Å². The van der Waals surface area contributed by atoms with Crippen LogP contribution in [-0.2, 0) is 0 Å². The molecule has 72 valence electrons. The van der Waals surface area contributed by atoms with Gasteiger partial charge >= 0.3 is 0 Å². The zero-order valence-corrected chi connectivity index (χ0v) is 8.27. The molecule has 2 nitrogen and oxygen atoms in total. The van der Waals surface area contributed by atoms with E-state index in [2.05, 4.69) is 5.32 Å². The predicted octanol–water partition coefficient (Wildman–Crippen LogP) is 1.88. The first-order chi connectivity index (χ1) is 5.67. The van der Waals surface area contributed by atoms with Crippen LogP contribution in [0.4, 0.5) is 0 Å². The highest BCUT2D eigenvalue weighted by atomic mass is 16.3. The van der Waals surface area contributed by atoms with Crippen LogP contribution in [0.5, 0.6) is 0 Å². The van der Waals surface area contributed by atoms with Gasteiger partial charge in [-0.3, -0.25) is 5.32 Å². The van der Waals surface area contributed by atoms with Crippen molar-refractivity contribution in [2.24, 2.45) is 5.92 Å². The largest absolute Gasteiger partial charge is 0.376 e.